The van der Waals surface area contributed by atoms with Crippen molar-refractivity contribution in [1.82, 2.24) is 10.2 Å². The van der Waals surface area contributed by atoms with Crippen LogP contribution in [0, 0.1) is 5.82 Å². The lowest BCUT2D eigenvalue weighted by Gasteiger charge is -2.22. The van der Waals surface area contributed by atoms with E-state index in [2.05, 4.69) is 10.3 Å². The molecular formula is C18H24FN3O2. The largest absolute Gasteiger partial charge is 0.492 e. The Balaban J connectivity index is 1.79. The van der Waals surface area contributed by atoms with Crippen LogP contribution >= 0.6 is 0 Å². The summed E-state index contributed by atoms with van der Waals surface area (Å²) < 4.78 is 23.8. The van der Waals surface area contributed by atoms with Crippen molar-refractivity contribution in [3.63, 3.8) is 0 Å². The number of likely N-dealkylation sites (N-methyl/N-ethyl adjacent to an activating group) is 1. The third-order valence-corrected chi connectivity index (χ3v) is 3.41. The van der Waals surface area contributed by atoms with E-state index in [4.69, 9.17) is 9.15 Å². The lowest BCUT2D eigenvalue weighted by molar-refractivity contribution is 0.281. The van der Waals surface area contributed by atoms with Crippen molar-refractivity contribution in [1.29, 1.82) is 0 Å². The van der Waals surface area contributed by atoms with E-state index >= 15 is 0 Å². The van der Waals surface area contributed by atoms with Crippen LogP contribution in [0.15, 0.2) is 52.1 Å². The fourth-order valence-corrected chi connectivity index (χ4v) is 2.13. The summed E-state index contributed by atoms with van der Waals surface area (Å²) in [7, 11) is 1.96. The van der Waals surface area contributed by atoms with Crippen LogP contribution < -0.4 is 10.1 Å². The van der Waals surface area contributed by atoms with Gasteiger partial charge in [-0.05, 0) is 43.3 Å². The van der Waals surface area contributed by atoms with Gasteiger partial charge in [-0.15, -0.1) is 0 Å². The average Bonchev–Trinajstić information content (AvgIpc) is 3.09. The van der Waals surface area contributed by atoms with Gasteiger partial charge in [0, 0.05) is 26.6 Å². The summed E-state index contributed by atoms with van der Waals surface area (Å²) in [5.41, 5.74) is 0. The van der Waals surface area contributed by atoms with Crippen LogP contribution in [0.2, 0.25) is 0 Å². The zero-order valence-electron chi connectivity index (χ0n) is 14.2. The second kappa shape index (κ2) is 9.60. The predicted molar refractivity (Wildman–Crippen MR) is 92.9 cm³/mol. The summed E-state index contributed by atoms with van der Waals surface area (Å²) in [4.78, 5) is 6.60. The molecule has 0 radical (unpaired) electrons. The Morgan fingerprint density at radius 2 is 2.08 bits per heavy atom. The maximum atomic E-state index is 12.9. The zero-order chi connectivity index (χ0) is 17.2. The second-order valence-electron chi connectivity index (χ2n) is 5.29. The van der Waals surface area contributed by atoms with Crippen LogP contribution in [0.3, 0.4) is 0 Å². The van der Waals surface area contributed by atoms with Crippen LogP contribution in [0.4, 0.5) is 4.39 Å². The molecule has 0 unspecified atom stereocenters. The molecule has 1 heterocycles. The first kappa shape index (κ1) is 17.8. The van der Waals surface area contributed by atoms with Gasteiger partial charge in [0.15, 0.2) is 5.96 Å². The highest BCUT2D eigenvalue weighted by Crippen LogP contribution is 2.10. The van der Waals surface area contributed by atoms with Gasteiger partial charge in [0.25, 0.3) is 0 Å². The molecule has 130 valence electrons. The van der Waals surface area contributed by atoms with Crippen LogP contribution in [0.1, 0.15) is 12.7 Å². The molecule has 1 N–H and O–H groups in total. The van der Waals surface area contributed by atoms with E-state index in [1.165, 1.54) is 12.1 Å². The quantitative estimate of drug-likeness (QED) is 0.596. The Kier molecular flexibility index (Phi) is 7.14. The fourth-order valence-electron chi connectivity index (χ4n) is 2.13. The first-order valence-corrected chi connectivity index (χ1v) is 8.09. The number of guanidine groups is 1. The molecule has 6 heteroatoms. The number of aliphatic imine (C=N–C) groups is 1. The van der Waals surface area contributed by atoms with E-state index in [0.717, 1.165) is 24.7 Å². The van der Waals surface area contributed by atoms with Gasteiger partial charge in [-0.25, -0.2) is 4.39 Å². The summed E-state index contributed by atoms with van der Waals surface area (Å²) in [6.45, 7) is 4.64. The van der Waals surface area contributed by atoms with E-state index in [1.54, 1.807) is 18.4 Å². The van der Waals surface area contributed by atoms with E-state index in [-0.39, 0.29) is 5.82 Å². The van der Waals surface area contributed by atoms with Crippen molar-refractivity contribution in [3.05, 3.63) is 54.2 Å². The highest BCUT2D eigenvalue weighted by molar-refractivity contribution is 5.79. The van der Waals surface area contributed by atoms with Gasteiger partial charge in [0.05, 0.1) is 12.8 Å². The highest BCUT2D eigenvalue weighted by atomic mass is 19.1. The van der Waals surface area contributed by atoms with Crippen molar-refractivity contribution >= 4 is 5.96 Å². The molecule has 2 aromatic rings. The van der Waals surface area contributed by atoms with E-state index < -0.39 is 0 Å². The number of ether oxygens (including phenoxy) is 1. The Bertz CT molecular complexity index is 612. The average molecular weight is 333 g/mol. The minimum Gasteiger partial charge on any atom is -0.492 e. The Morgan fingerprint density at radius 1 is 1.29 bits per heavy atom. The maximum Gasteiger partial charge on any atom is 0.193 e. The first-order chi connectivity index (χ1) is 11.7. The topological polar surface area (TPSA) is 50.0 Å². The van der Waals surface area contributed by atoms with Gasteiger partial charge in [-0.2, -0.15) is 0 Å². The van der Waals surface area contributed by atoms with E-state index in [9.17, 15) is 4.39 Å². The van der Waals surface area contributed by atoms with Crippen LogP contribution in [0.25, 0.3) is 0 Å². The molecular weight excluding hydrogens is 309 g/mol. The number of hydrogen-bond donors (Lipinski definition) is 1. The lowest BCUT2D eigenvalue weighted by Crippen LogP contribution is -2.41. The molecule has 24 heavy (non-hydrogen) atoms. The highest BCUT2D eigenvalue weighted by Gasteiger charge is 2.06. The van der Waals surface area contributed by atoms with Gasteiger partial charge in [0.2, 0.25) is 0 Å². The van der Waals surface area contributed by atoms with Crippen LogP contribution in [-0.2, 0) is 6.42 Å². The van der Waals surface area contributed by atoms with E-state index in [0.29, 0.717) is 25.4 Å². The molecule has 0 aliphatic heterocycles. The molecule has 0 saturated heterocycles. The van der Waals surface area contributed by atoms with Crippen molar-refractivity contribution < 1.29 is 13.5 Å². The molecule has 0 bridgehead atoms. The van der Waals surface area contributed by atoms with Gasteiger partial charge in [-0.3, -0.25) is 4.99 Å². The first-order valence-electron chi connectivity index (χ1n) is 8.09. The van der Waals surface area contributed by atoms with Crippen molar-refractivity contribution in [2.24, 2.45) is 4.99 Å². The minimum atomic E-state index is -0.266. The second-order valence-corrected chi connectivity index (χ2v) is 5.29. The Morgan fingerprint density at radius 3 is 2.75 bits per heavy atom. The fraction of sp³-hybridized carbons (Fsp3) is 0.389. The number of nitrogens with zero attached hydrogens (tertiary/aromatic N) is 2. The van der Waals surface area contributed by atoms with Gasteiger partial charge >= 0.3 is 0 Å². The maximum absolute atomic E-state index is 12.9. The lowest BCUT2D eigenvalue weighted by atomic mass is 10.3. The van der Waals surface area contributed by atoms with E-state index in [1.807, 2.05) is 31.0 Å². The SMILES string of the molecule is CCNC(=NCCc1ccco1)N(C)CCOc1ccc(F)cc1. The summed E-state index contributed by atoms with van der Waals surface area (Å²) in [5.74, 6) is 2.14. The molecule has 0 amide bonds. The number of nitrogens with one attached hydrogen (secondary N) is 1. The smallest absolute Gasteiger partial charge is 0.193 e. The molecule has 0 fully saturated rings. The van der Waals surface area contributed by atoms with Gasteiger partial charge < -0.3 is 19.4 Å². The predicted octanol–water partition coefficient (Wildman–Crippen LogP) is 2.94. The number of hydrogen-bond acceptors (Lipinski definition) is 3. The number of halogens is 1. The minimum absolute atomic E-state index is 0.266. The zero-order valence-corrected chi connectivity index (χ0v) is 14.2. The van der Waals surface area contributed by atoms with Crippen LogP contribution in [0.5, 0.6) is 5.75 Å². The van der Waals surface area contributed by atoms with Crippen LogP contribution in [-0.4, -0.2) is 44.1 Å². The molecule has 0 saturated carbocycles. The third-order valence-electron chi connectivity index (χ3n) is 3.41. The van der Waals surface area contributed by atoms with Crippen molar-refractivity contribution in [3.8, 4) is 5.75 Å². The normalized spacial score (nSPS) is 11.4. The van der Waals surface area contributed by atoms with Gasteiger partial charge in [-0.1, -0.05) is 0 Å². The summed E-state index contributed by atoms with van der Waals surface area (Å²) in [6.07, 6.45) is 2.44. The Labute approximate surface area is 142 Å². The Hall–Kier alpha value is -2.50. The van der Waals surface area contributed by atoms with Gasteiger partial charge in [0.1, 0.15) is 23.9 Å². The monoisotopic (exact) mass is 333 g/mol. The molecule has 0 spiro atoms. The molecule has 0 atom stereocenters. The molecule has 0 aliphatic rings. The molecule has 1 aromatic heterocycles. The summed E-state index contributed by atoms with van der Waals surface area (Å²) >= 11 is 0. The van der Waals surface area contributed by atoms with Crippen molar-refractivity contribution in [2.45, 2.75) is 13.3 Å². The molecule has 5 nitrogen and oxygen atoms in total. The number of rotatable bonds is 8. The third kappa shape index (κ3) is 5.95. The summed E-state index contributed by atoms with van der Waals surface area (Å²) in [6, 6.07) is 9.85. The molecule has 1 aromatic carbocycles. The number of furan rings is 1. The molecule has 2 rings (SSSR count). The summed E-state index contributed by atoms with van der Waals surface area (Å²) in [5, 5.41) is 3.26. The number of benzene rings is 1. The molecule has 0 aliphatic carbocycles. The standard InChI is InChI=1S/C18H24FN3O2/c1-3-20-18(21-11-10-16-5-4-13-23-16)22(2)12-14-24-17-8-6-15(19)7-9-17/h4-9,13H,3,10-12,14H2,1-2H3,(H,20,21). The van der Waals surface area contributed by atoms with Crippen molar-refractivity contribution in [2.75, 3.05) is 33.3 Å².